The number of halogens is 2. The number of rotatable bonds is 5. The molecule has 0 bridgehead atoms. The summed E-state index contributed by atoms with van der Waals surface area (Å²) in [5, 5.41) is 7.49. The molecule has 2 aromatic heterocycles. The highest BCUT2D eigenvalue weighted by atomic mass is 79.9. The Morgan fingerprint density at radius 1 is 1.19 bits per heavy atom. The number of aromatic nitrogens is 4. The van der Waals surface area contributed by atoms with Crippen molar-refractivity contribution in [3.8, 4) is 11.4 Å². The molecule has 4 rings (SSSR count). The molecule has 0 amide bonds. The Kier molecular flexibility index (Phi) is 5.54. The molecular weight excluding hydrogens is 491 g/mol. The van der Waals surface area contributed by atoms with Gasteiger partial charge in [0.2, 0.25) is 0 Å². The van der Waals surface area contributed by atoms with Crippen molar-refractivity contribution in [2.75, 3.05) is 7.11 Å². The van der Waals surface area contributed by atoms with Crippen LogP contribution in [0.15, 0.2) is 69.0 Å². The molecule has 158 valence electrons. The van der Waals surface area contributed by atoms with Crippen LogP contribution < -0.4 is 10.3 Å². The van der Waals surface area contributed by atoms with Gasteiger partial charge in [-0.2, -0.15) is 10.2 Å². The number of hydrogen-bond donors (Lipinski definition) is 0. The van der Waals surface area contributed by atoms with Crippen LogP contribution in [0.5, 0.6) is 5.75 Å². The van der Waals surface area contributed by atoms with Crippen LogP contribution in [-0.2, 0) is 15.6 Å². The molecule has 0 N–H and O–H groups in total. The van der Waals surface area contributed by atoms with E-state index in [4.69, 9.17) is 4.74 Å². The van der Waals surface area contributed by atoms with E-state index >= 15 is 0 Å². The molecule has 11 heteroatoms. The van der Waals surface area contributed by atoms with E-state index in [9.17, 15) is 17.6 Å². The van der Waals surface area contributed by atoms with Gasteiger partial charge in [0.05, 0.1) is 50.8 Å². The first-order chi connectivity index (χ1) is 14.8. The van der Waals surface area contributed by atoms with Crippen molar-refractivity contribution >= 4 is 36.8 Å². The molecule has 0 aliphatic rings. The fourth-order valence-electron chi connectivity index (χ4n) is 3.08. The van der Waals surface area contributed by atoms with Crippen LogP contribution in [0.4, 0.5) is 4.39 Å². The van der Waals surface area contributed by atoms with Gasteiger partial charge in [-0.3, -0.25) is 9.36 Å². The van der Waals surface area contributed by atoms with E-state index in [2.05, 4.69) is 31.1 Å². The van der Waals surface area contributed by atoms with E-state index in [1.807, 2.05) is 0 Å². The van der Waals surface area contributed by atoms with Gasteiger partial charge in [0, 0.05) is 12.3 Å². The van der Waals surface area contributed by atoms with Crippen molar-refractivity contribution in [3.63, 3.8) is 0 Å². The van der Waals surface area contributed by atoms with Crippen molar-refractivity contribution < 1.29 is 17.5 Å². The SMILES string of the molecule is COc1cc(Br)c(F)cc1-n1c(=O)cnc2cc(S(=O)(=O)Cc3cccnn3)ccc21. The van der Waals surface area contributed by atoms with Crippen LogP contribution in [0, 0.1) is 5.82 Å². The lowest BCUT2D eigenvalue weighted by atomic mass is 10.2. The fourth-order valence-corrected chi connectivity index (χ4v) is 4.68. The summed E-state index contributed by atoms with van der Waals surface area (Å²) in [6.45, 7) is 0. The summed E-state index contributed by atoms with van der Waals surface area (Å²) in [6.07, 6.45) is 2.50. The normalized spacial score (nSPS) is 11.6. The lowest BCUT2D eigenvalue weighted by Gasteiger charge is -2.15. The second-order valence-electron chi connectivity index (χ2n) is 6.49. The van der Waals surface area contributed by atoms with E-state index < -0.39 is 21.2 Å². The van der Waals surface area contributed by atoms with E-state index in [0.29, 0.717) is 11.2 Å². The quantitative estimate of drug-likeness (QED) is 0.411. The predicted molar refractivity (Wildman–Crippen MR) is 114 cm³/mol. The summed E-state index contributed by atoms with van der Waals surface area (Å²) < 4.78 is 46.5. The summed E-state index contributed by atoms with van der Waals surface area (Å²) in [7, 11) is -2.34. The molecule has 2 aromatic carbocycles. The number of sulfone groups is 1. The molecule has 0 spiro atoms. The van der Waals surface area contributed by atoms with Gasteiger partial charge in [-0.05, 0) is 52.3 Å². The zero-order valence-electron chi connectivity index (χ0n) is 16.0. The molecule has 2 heterocycles. The minimum atomic E-state index is -3.74. The van der Waals surface area contributed by atoms with E-state index in [0.717, 1.165) is 12.3 Å². The average molecular weight is 505 g/mol. The Bertz CT molecular complexity index is 1460. The van der Waals surface area contributed by atoms with Crippen molar-refractivity contribution in [2.45, 2.75) is 10.6 Å². The molecule has 0 radical (unpaired) electrons. The van der Waals surface area contributed by atoms with E-state index in [1.54, 1.807) is 12.1 Å². The molecule has 0 aliphatic carbocycles. The van der Waals surface area contributed by atoms with Gasteiger partial charge in [0.25, 0.3) is 5.56 Å². The molecule has 0 saturated carbocycles. The molecule has 0 unspecified atom stereocenters. The van der Waals surface area contributed by atoms with Gasteiger partial charge in [-0.15, -0.1) is 0 Å². The van der Waals surface area contributed by atoms with Crippen molar-refractivity contribution in [2.24, 2.45) is 0 Å². The molecular formula is C20H14BrFN4O4S. The summed E-state index contributed by atoms with van der Waals surface area (Å²) in [5.41, 5.74) is 0.477. The maximum atomic E-state index is 14.2. The highest BCUT2D eigenvalue weighted by Gasteiger charge is 2.20. The van der Waals surface area contributed by atoms with Gasteiger partial charge < -0.3 is 4.74 Å². The second-order valence-corrected chi connectivity index (χ2v) is 9.34. The fraction of sp³-hybridized carbons (Fsp3) is 0.100. The largest absolute Gasteiger partial charge is 0.495 e. The van der Waals surface area contributed by atoms with Crippen LogP contribution in [0.1, 0.15) is 5.69 Å². The number of methoxy groups -OCH3 is 1. The van der Waals surface area contributed by atoms with Gasteiger partial charge in [-0.1, -0.05) is 0 Å². The standard InChI is InChI=1S/C20H14BrFN4O4S/c1-30-19-8-14(21)15(22)9-18(19)26-17-5-4-13(7-16(17)23-10-20(26)27)31(28,29)11-12-3-2-6-24-25-12/h2-10H,11H2,1H3. The number of nitrogens with zero attached hydrogens (tertiary/aromatic N) is 4. The Hall–Kier alpha value is -3.18. The van der Waals surface area contributed by atoms with Crippen LogP contribution in [-0.4, -0.2) is 35.3 Å². The van der Waals surface area contributed by atoms with Crippen LogP contribution in [0.3, 0.4) is 0 Å². The molecule has 4 aromatic rings. The summed E-state index contributed by atoms with van der Waals surface area (Å²) in [4.78, 5) is 16.7. The zero-order chi connectivity index (χ0) is 22.2. The van der Waals surface area contributed by atoms with Gasteiger partial charge in [0.15, 0.2) is 9.84 Å². The highest BCUT2D eigenvalue weighted by Crippen LogP contribution is 2.31. The maximum Gasteiger partial charge on any atom is 0.274 e. The van der Waals surface area contributed by atoms with Crippen LogP contribution in [0.2, 0.25) is 0 Å². The Labute approximate surface area is 184 Å². The van der Waals surface area contributed by atoms with E-state index in [1.165, 1.54) is 42.1 Å². The molecule has 0 aliphatic heterocycles. The first-order valence-electron chi connectivity index (χ1n) is 8.85. The molecule has 0 saturated heterocycles. The summed E-state index contributed by atoms with van der Waals surface area (Å²) in [5.74, 6) is -0.671. The predicted octanol–water partition coefficient (Wildman–Crippen LogP) is 3.06. The van der Waals surface area contributed by atoms with Crippen molar-refractivity contribution in [1.82, 2.24) is 19.7 Å². The zero-order valence-corrected chi connectivity index (χ0v) is 18.4. The van der Waals surface area contributed by atoms with Crippen LogP contribution in [0.25, 0.3) is 16.7 Å². The number of fused-ring (bicyclic) bond motifs is 1. The Morgan fingerprint density at radius 3 is 2.71 bits per heavy atom. The van der Waals surface area contributed by atoms with Gasteiger partial charge in [0.1, 0.15) is 11.6 Å². The lowest BCUT2D eigenvalue weighted by molar-refractivity contribution is 0.411. The monoisotopic (exact) mass is 504 g/mol. The molecule has 0 fully saturated rings. The van der Waals surface area contributed by atoms with Gasteiger partial charge in [-0.25, -0.2) is 17.8 Å². The number of benzene rings is 2. The third-order valence-electron chi connectivity index (χ3n) is 4.51. The van der Waals surface area contributed by atoms with Crippen molar-refractivity contribution in [3.05, 3.63) is 81.2 Å². The lowest BCUT2D eigenvalue weighted by Crippen LogP contribution is -2.20. The minimum absolute atomic E-state index is 0.0114. The van der Waals surface area contributed by atoms with Crippen LogP contribution >= 0.6 is 15.9 Å². The first-order valence-corrected chi connectivity index (χ1v) is 11.3. The smallest absolute Gasteiger partial charge is 0.274 e. The third kappa shape index (κ3) is 4.06. The molecule has 31 heavy (non-hydrogen) atoms. The molecule has 0 atom stereocenters. The first kappa shape index (κ1) is 21.1. The number of hydrogen-bond acceptors (Lipinski definition) is 7. The van der Waals surface area contributed by atoms with E-state index in [-0.39, 0.29) is 32.1 Å². The molecule has 8 nitrogen and oxygen atoms in total. The third-order valence-corrected chi connectivity index (χ3v) is 6.77. The van der Waals surface area contributed by atoms with Gasteiger partial charge >= 0.3 is 0 Å². The highest BCUT2D eigenvalue weighted by molar-refractivity contribution is 9.10. The maximum absolute atomic E-state index is 14.2. The average Bonchev–Trinajstić information content (AvgIpc) is 2.75. The minimum Gasteiger partial charge on any atom is -0.495 e. The number of ether oxygens (including phenoxy) is 1. The topological polar surface area (TPSA) is 104 Å². The second kappa shape index (κ2) is 8.16. The Morgan fingerprint density at radius 2 is 2.00 bits per heavy atom. The summed E-state index contributed by atoms with van der Waals surface area (Å²) >= 11 is 3.09. The van der Waals surface area contributed by atoms with Crippen molar-refractivity contribution in [1.29, 1.82) is 0 Å². The Balaban J connectivity index is 1.87. The summed E-state index contributed by atoms with van der Waals surface area (Å²) in [6, 6.07) is 9.91.